The average Bonchev–Trinajstić information content (AvgIpc) is 3.01. The highest BCUT2D eigenvalue weighted by molar-refractivity contribution is 5.79. The molecule has 1 aromatic carbocycles. The number of benzene rings is 1. The van der Waals surface area contributed by atoms with Gasteiger partial charge < -0.3 is 19.9 Å². The van der Waals surface area contributed by atoms with Gasteiger partial charge in [-0.05, 0) is 25.0 Å². The van der Waals surface area contributed by atoms with Gasteiger partial charge in [0.1, 0.15) is 0 Å². The van der Waals surface area contributed by atoms with E-state index in [1.54, 1.807) is 12.1 Å². The molecule has 0 unspecified atom stereocenters. The highest BCUT2D eigenvalue weighted by Gasteiger charge is 2.33. The zero-order valence-electron chi connectivity index (χ0n) is 12.7. The third-order valence-electron chi connectivity index (χ3n) is 3.83. The van der Waals surface area contributed by atoms with Gasteiger partial charge in [0.05, 0.1) is 24.7 Å². The van der Waals surface area contributed by atoms with Gasteiger partial charge >= 0.3 is 5.97 Å². The average molecular weight is 318 g/mol. The van der Waals surface area contributed by atoms with E-state index >= 15 is 0 Å². The molecule has 1 aliphatic rings. The molecule has 0 radical (unpaired) electrons. The highest BCUT2D eigenvalue weighted by atomic mass is 16.5. The second kappa shape index (κ2) is 7.49. The predicted molar refractivity (Wildman–Crippen MR) is 80.1 cm³/mol. The summed E-state index contributed by atoms with van der Waals surface area (Å²) in [4.78, 5) is 23.0. The molecule has 0 aliphatic heterocycles. The lowest BCUT2D eigenvalue weighted by molar-refractivity contribution is -0.142. The van der Waals surface area contributed by atoms with Crippen LogP contribution in [0.3, 0.4) is 0 Å². The van der Waals surface area contributed by atoms with E-state index in [4.69, 9.17) is 19.8 Å². The molecule has 2 rings (SSSR count). The monoisotopic (exact) mass is 318 g/mol. The Bertz CT molecular complexity index is 638. The molecule has 1 aromatic rings. The first kappa shape index (κ1) is 16.6. The number of ether oxygens (including phenoxy) is 2. The Balaban J connectivity index is 1.92. The van der Waals surface area contributed by atoms with Gasteiger partial charge in [-0.2, -0.15) is 5.26 Å². The van der Waals surface area contributed by atoms with Crippen LogP contribution in [0.25, 0.3) is 0 Å². The fraction of sp³-hybridized carbons (Fsp3) is 0.438. The Morgan fingerprint density at radius 1 is 1.39 bits per heavy atom. The Kier molecular flexibility index (Phi) is 5.41. The zero-order chi connectivity index (χ0) is 16.8. The van der Waals surface area contributed by atoms with Crippen molar-refractivity contribution in [1.82, 2.24) is 5.32 Å². The molecule has 7 heteroatoms. The number of nitriles is 1. The number of carbonyl (C=O) groups is 2. The van der Waals surface area contributed by atoms with Crippen molar-refractivity contribution in [3.63, 3.8) is 0 Å². The van der Waals surface area contributed by atoms with Gasteiger partial charge in [-0.25, -0.2) is 0 Å². The number of hydrogen-bond acceptors (Lipinski definition) is 5. The maximum atomic E-state index is 11.9. The number of nitrogens with one attached hydrogen (secondary N) is 1. The summed E-state index contributed by atoms with van der Waals surface area (Å²) in [6, 6.07) is 6.27. The van der Waals surface area contributed by atoms with Gasteiger partial charge in [0.25, 0.3) is 5.91 Å². The van der Waals surface area contributed by atoms with E-state index in [2.05, 4.69) is 5.32 Å². The fourth-order valence-corrected chi connectivity index (χ4v) is 2.68. The van der Waals surface area contributed by atoms with Gasteiger partial charge in [-0.15, -0.1) is 0 Å². The van der Waals surface area contributed by atoms with Gasteiger partial charge in [-0.1, -0.05) is 6.42 Å². The van der Waals surface area contributed by atoms with E-state index in [9.17, 15) is 9.59 Å². The van der Waals surface area contributed by atoms with E-state index in [1.165, 1.54) is 13.2 Å². The van der Waals surface area contributed by atoms with E-state index in [0.717, 1.165) is 6.42 Å². The van der Waals surface area contributed by atoms with E-state index < -0.39 is 11.9 Å². The molecule has 0 heterocycles. The highest BCUT2D eigenvalue weighted by Crippen LogP contribution is 2.28. The van der Waals surface area contributed by atoms with E-state index in [1.807, 2.05) is 6.07 Å². The molecular weight excluding hydrogens is 300 g/mol. The topological polar surface area (TPSA) is 109 Å². The van der Waals surface area contributed by atoms with Crippen LogP contribution in [0.2, 0.25) is 0 Å². The summed E-state index contributed by atoms with van der Waals surface area (Å²) in [5.74, 6) is -1.09. The number of carboxylic acid groups (broad SMARTS) is 1. The Hall–Kier alpha value is -2.75. The summed E-state index contributed by atoms with van der Waals surface area (Å²) >= 11 is 0. The summed E-state index contributed by atoms with van der Waals surface area (Å²) in [5.41, 5.74) is 0.425. The number of methoxy groups -OCH3 is 1. The maximum Gasteiger partial charge on any atom is 0.308 e. The molecule has 2 atom stereocenters. The number of nitrogens with zero attached hydrogens (tertiary/aromatic N) is 1. The largest absolute Gasteiger partial charge is 0.493 e. The van der Waals surface area contributed by atoms with Crippen molar-refractivity contribution in [3.8, 4) is 17.6 Å². The summed E-state index contributed by atoms with van der Waals surface area (Å²) in [6.45, 7) is -0.245. The molecule has 1 amide bonds. The van der Waals surface area contributed by atoms with Crippen molar-refractivity contribution >= 4 is 11.9 Å². The molecule has 1 aliphatic carbocycles. The van der Waals surface area contributed by atoms with Crippen LogP contribution in [0.1, 0.15) is 24.8 Å². The van der Waals surface area contributed by atoms with Crippen LogP contribution >= 0.6 is 0 Å². The molecule has 122 valence electrons. The van der Waals surface area contributed by atoms with Crippen LogP contribution in [0.4, 0.5) is 0 Å². The number of aliphatic carboxylic acids is 1. The minimum Gasteiger partial charge on any atom is -0.493 e. The first-order valence-electron chi connectivity index (χ1n) is 7.28. The second-order valence-electron chi connectivity index (χ2n) is 5.32. The van der Waals surface area contributed by atoms with Crippen molar-refractivity contribution in [1.29, 1.82) is 5.26 Å². The fourth-order valence-electron chi connectivity index (χ4n) is 2.68. The molecule has 0 bridgehead atoms. The SMILES string of the molecule is COc1cc(C#N)ccc1OCC(=O)N[C@@H]1CCC[C@@H]1C(=O)O. The normalized spacial score (nSPS) is 19.7. The molecule has 1 fully saturated rings. The summed E-state index contributed by atoms with van der Waals surface area (Å²) < 4.78 is 10.5. The lowest BCUT2D eigenvalue weighted by atomic mass is 10.0. The lowest BCUT2D eigenvalue weighted by Crippen LogP contribution is -2.42. The first-order valence-corrected chi connectivity index (χ1v) is 7.28. The minimum absolute atomic E-state index is 0.245. The zero-order valence-corrected chi connectivity index (χ0v) is 12.7. The Morgan fingerprint density at radius 3 is 2.83 bits per heavy atom. The minimum atomic E-state index is -0.887. The predicted octanol–water partition coefficient (Wildman–Crippen LogP) is 1.32. The Labute approximate surface area is 133 Å². The van der Waals surface area contributed by atoms with Crippen molar-refractivity contribution in [2.45, 2.75) is 25.3 Å². The van der Waals surface area contributed by atoms with Crippen molar-refractivity contribution < 1.29 is 24.2 Å². The number of carboxylic acids is 1. The third kappa shape index (κ3) is 4.13. The Morgan fingerprint density at radius 2 is 2.17 bits per heavy atom. The lowest BCUT2D eigenvalue weighted by Gasteiger charge is -2.18. The van der Waals surface area contributed by atoms with Crippen LogP contribution in [0.5, 0.6) is 11.5 Å². The number of carbonyl (C=O) groups excluding carboxylic acids is 1. The first-order chi connectivity index (χ1) is 11.0. The van der Waals surface area contributed by atoms with Crippen molar-refractivity contribution in [2.24, 2.45) is 5.92 Å². The molecule has 7 nitrogen and oxygen atoms in total. The van der Waals surface area contributed by atoms with Gasteiger partial charge in [0.2, 0.25) is 0 Å². The molecule has 0 spiro atoms. The standard InChI is InChI=1S/C16H18N2O5/c1-22-14-7-10(8-17)5-6-13(14)23-9-15(19)18-12-4-2-3-11(12)16(20)21/h5-7,11-12H,2-4,9H2,1H3,(H,18,19)(H,20,21)/t11-,12+/m0/s1. The second-order valence-corrected chi connectivity index (χ2v) is 5.32. The van der Waals surface area contributed by atoms with Gasteiger partial charge in [-0.3, -0.25) is 9.59 Å². The quantitative estimate of drug-likeness (QED) is 0.818. The number of rotatable bonds is 6. The van der Waals surface area contributed by atoms with Crippen molar-refractivity contribution in [3.05, 3.63) is 23.8 Å². The van der Waals surface area contributed by atoms with Gasteiger partial charge in [0, 0.05) is 12.1 Å². The van der Waals surface area contributed by atoms with Crippen LogP contribution < -0.4 is 14.8 Å². The van der Waals surface area contributed by atoms with Crippen LogP contribution in [-0.2, 0) is 9.59 Å². The molecule has 23 heavy (non-hydrogen) atoms. The summed E-state index contributed by atoms with van der Waals surface area (Å²) in [7, 11) is 1.44. The van der Waals surface area contributed by atoms with Crippen molar-refractivity contribution in [2.75, 3.05) is 13.7 Å². The number of hydrogen-bond donors (Lipinski definition) is 2. The van der Waals surface area contributed by atoms with Crippen LogP contribution in [0, 0.1) is 17.2 Å². The van der Waals surface area contributed by atoms with Crippen LogP contribution in [0.15, 0.2) is 18.2 Å². The van der Waals surface area contributed by atoms with E-state index in [-0.39, 0.29) is 18.6 Å². The molecular formula is C16H18N2O5. The van der Waals surface area contributed by atoms with Gasteiger partial charge in [0.15, 0.2) is 18.1 Å². The van der Waals surface area contributed by atoms with E-state index in [0.29, 0.717) is 29.9 Å². The third-order valence-corrected chi connectivity index (χ3v) is 3.83. The summed E-state index contributed by atoms with van der Waals surface area (Å²) in [5, 5.41) is 20.6. The molecule has 0 saturated heterocycles. The molecule has 1 saturated carbocycles. The van der Waals surface area contributed by atoms with Crippen LogP contribution in [-0.4, -0.2) is 36.7 Å². The smallest absolute Gasteiger partial charge is 0.308 e. The molecule has 0 aromatic heterocycles. The maximum absolute atomic E-state index is 11.9. The number of amides is 1. The molecule has 2 N–H and O–H groups in total. The summed E-state index contributed by atoms with van der Waals surface area (Å²) in [6.07, 6.45) is 2.01.